The van der Waals surface area contributed by atoms with Crippen LogP contribution in [0.5, 0.6) is 0 Å². The molecule has 2 atom stereocenters. The molecule has 1 aromatic rings. The number of hydrogen-bond acceptors (Lipinski definition) is 2. The van der Waals surface area contributed by atoms with Crippen LogP contribution in [0.4, 0.5) is 0 Å². The Bertz CT molecular complexity index is 343. The number of ether oxygens (including phenoxy) is 2. The lowest BCUT2D eigenvalue weighted by Crippen LogP contribution is -2.14. The van der Waals surface area contributed by atoms with Gasteiger partial charge in [-0.1, -0.05) is 24.3 Å². The van der Waals surface area contributed by atoms with Crippen LogP contribution in [0.1, 0.15) is 61.9 Å². The first-order chi connectivity index (χ1) is 8.93. The van der Waals surface area contributed by atoms with Crippen molar-refractivity contribution in [3.05, 3.63) is 35.4 Å². The molecule has 0 saturated carbocycles. The van der Waals surface area contributed by atoms with Gasteiger partial charge in [0.15, 0.2) is 0 Å². The molecule has 18 heavy (non-hydrogen) atoms. The van der Waals surface area contributed by atoms with Gasteiger partial charge in [0.2, 0.25) is 0 Å². The monoisotopic (exact) mass is 246 g/mol. The molecule has 2 saturated heterocycles. The number of rotatable bonds is 2. The van der Waals surface area contributed by atoms with Gasteiger partial charge in [-0.2, -0.15) is 0 Å². The van der Waals surface area contributed by atoms with Crippen LogP contribution in [0.25, 0.3) is 0 Å². The van der Waals surface area contributed by atoms with Crippen molar-refractivity contribution in [1.82, 2.24) is 0 Å². The molecule has 0 amide bonds. The molecule has 0 radical (unpaired) electrons. The zero-order valence-electron chi connectivity index (χ0n) is 10.9. The second kappa shape index (κ2) is 5.85. The van der Waals surface area contributed by atoms with E-state index in [-0.39, 0.29) is 0 Å². The maximum absolute atomic E-state index is 5.87. The Morgan fingerprint density at radius 2 is 1.33 bits per heavy atom. The fraction of sp³-hybridized carbons (Fsp3) is 0.625. The summed E-state index contributed by atoms with van der Waals surface area (Å²) in [6.45, 7) is 1.82. The molecule has 0 N–H and O–H groups in total. The van der Waals surface area contributed by atoms with E-state index in [4.69, 9.17) is 9.47 Å². The second-order valence-electron chi connectivity index (χ2n) is 5.38. The van der Waals surface area contributed by atoms with Crippen molar-refractivity contribution >= 4 is 0 Å². The Kier molecular flexibility index (Phi) is 3.96. The summed E-state index contributed by atoms with van der Waals surface area (Å²) >= 11 is 0. The van der Waals surface area contributed by atoms with E-state index in [1.54, 1.807) is 0 Å². The highest BCUT2D eigenvalue weighted by Gasteiger charge is 2.19. The molecule has 0 aromatic heterocycles. The zero-order chi connectivity index (χ0) is 12.2. The van der Waals surface area contributed by atoms with E-state index < -0.39 is 0 Å². The van der Waals surface area contributed by atoms with Crippen LogP contribution in [0, 0.1) is 0 Å². The maximum Gasteiger partial charge on any atom is 0.0825 e. The molecule has 3 rings (SSSR count). The molecular formula is C16H22O2. The third-order valence-corrected chi connectivity index (χ3v) is 4.01. The van der Waals surface area contributed by atoms with Gasteiger partial charge in [0, 0.05) is 13.2 Å². The normalized spacial score (nSPS) is 29.1. The van der Waals surface area contributed by atoms with Crippen LogP contribution < -0.4 is 0 Å². The molecule has 98 valence electrons. The summed E-state index contributed by atoms with van der Waals surface area (Å²) in [4.78, 5) is 0. The van der Waals surface area contributed by atoms with Crippen molar-refractivity contribution in [1.29, 1.82) is 0 Å². The molecule has 2 aliphatic rings. The van der Waals surface area contributed by atoms with Crippen LogP contribution in [0.2, 0.25) is 0 Å². The first-order valence-corrected chi connectivity index (χ1v) is 7.26. The minimum absolute atomic E-state index is 0.308. The van der Waals surface area contributed by atoms with Crippen LogP contribution in [0.3, 0.4) is 0 Å². The Labute approximate surface area is 109 Å². The third kappa shape index (κ3) is 2.76. The molecule has 2 heteroatoms. The van der Waals surface area contributed by atoms with Gasteiger partial charge < -0.3 is 9.47 Å². The first kappa shape index (κ1) is 12.2. The van der Waals surface area contributed by atoms with Crippen LogP contribution >= 0.6 is 0 Å². The van der Waals surface area contributed by atoms with Gasteiger partial charge in [-0.3, -0.25) is 0 Å². The molecule has 2 nitrogen and oxygen atoms in total. The van der Waals surface area contributed by atoms with Gasteiger partial charge >= 0.3 is 0 Å². The molecule has 1 aromatic carbocycles. The lowest BCUT2D eigenvalue weighted by Gasteiger charge is -2.26. The number of benzene rings is 1. The van der Waals surface area contributed by atoms with E-state index in [1.165, 1.54) is 36.8 Å². The van der Waals surface area contributed by atoms with Crippen molar-refractivity contribution in [3.63, 3.8) is 0 Å². The molecule has 2 fully saturated rings. The van der Waals surface area contributed by atoms with Crippen molar-refractivity contribution in [2.24, 2.45) is 0 Å². The lowest BCUT2D eigenvalue weighted by molar-refractivity contribution is 0.0108. The van der Waals surface area contributed by atoms with Crippen LogP contribution in [-0.2, 0) is 9.47 Å². The summed E-state index contributed by atoms with van der Waals surface area (Å²) < 4.78 is 11.7. The predicted molar refractivity (Wildman–Crippen MR) is 71.5 cm³/mol. The Morgan fingerprint density at radius 3 is 1.78 bits per heavy atom. The molecule has 0 bridgehead atoms. The smallest absolute Gasteiger partial charge is 0.0825 e. The van der Waals surface area contributed by atoms with Crippen molar-refractivity contribution < 1.29 is 9.47 Å². The Morgan fingerprint density at radius 1 is 0.778 bits per heavy atom. The predicted octanol–water partition coefficient (Wildman–Crippen LogP) is 4.17. The standard InChI is InChI=1S/C16H22O2/c1-3-10-17-15(8-1)13-6-5-7-14(12-13)16-9-2-4-11-18-16/h5-7,12,15-16H,1-4,8-11H2. The SMILES string of the molecule is c1cc(C2CCCCO2)cc(C2CCCCO2)c1. The largest absolute Gasteiger partial charge is 0.374 e. The molecule has 2 aliphatic heterocycles. The molecule has 0 spiro atoms. The topological polar surface area (TPSA) is 18.5 Å². The highest BCUT2D eigenvalue weighted by atomic mass is 16.5. The molecule has 2 unspecified atom stereocenters. The highest BCUT2D eigenvalue weighted by Crippen LogP contribution is 2.32. The summed E-state index contributed by atoms with van der Waals surface area (Å²) in [5.74, 6) is 0. The fourth-order valence-corrected chi connectivity index (χ4v) is 2.97. The third-order valence-electron chi connectivity index (χ3n) is 4.01. The van der Waals surface area contributed by atoms with Crippen molar-refractivity contribution in [3.8, 4) is 0 Å². The van der Waals surface area contributed by atoms with Gasteiger partial charge in [0.1, 0.15) is 0 Å². The summed E-state index contributed by atoms with van der Waals surface area (Å²) in [6.07, 6.45) is 7.93. The maximum atomic E-state index is 5.87. The van der Waals surface area contributed by atoms with E-state index in [1.807, 2.05) is 0 Å². The van der Waals surface area contributed by atoms with E-state index >= 15 is 0 Å². The van der Waals surface area contributed by atoms with E-state index in [2.05, 4.69) is 24.3 Å². The molecule has 2 heterocycles. The highest BCUT2D eigenvalue weighted by molar-refractivity contribution is 5.27. The summed E-state index contributed by atoms with van der Waals surface area (Å²) in [5, 5.41) is 0. The van der Waals surface area contributed by atoms with E-state index in [0.29, 0.717) is 12.2 Å². The fourth-order valence-electron chi connectivity index (χ4n) is 2.97. The average molecular weight is 246 g/mol. The van der Waals surface area contributed by atoms with Crippen LogP contribution in [-0.4, -0.2) is 13.2 Å². The summed E-state index contributed by atoms with van der Waals surface area (Å²) in [7, 11) is 0. The molecule has 0 aliphatic carbocycles. The first-order valence-electron chi connectivity index (χ1n) is 7.26. The van der Waals surface area contributed by atoms with E-state index in [9.17, 15) is 0 Å². The van der Waals surface area contributed by atoms with Gasteiger partial charge in [0.05, 0.1) is 12.2 Å². The Hall–Kier alpha value is -0.860. The summed E-state index contributed by atoms with van der Waals surface area (Å²) in [6, 6.07) is 8.84. The van der Waals surface area contributed by atoms with Crippen LogP contribution in [0.15, 0.2) is 24.3 Å². The van der Waals surface area contributed by atoms with Gasteiger partial charge in [-0.15, -0.1) is 0 Å². The Balaban J connectivity index is 1.75. The number of hydrogen-bond donors (Lipinski definition) is 0. The lowest BCUT2D eigenvalue weighted by atomic mass is 9.95. The molecular weight excluding hydrogens is 224 g/mol. The second-order valence-corrected chi connectivity index (χ2v) is 5.38. The minimum Gasteiger partial charge on any atom is -0.374 e. The minimum atomic E-state index is 0.308. The van der Waals surface area contributed by atoms with Crippen molar-refractivity contribution in [2.45, 2.75) is 50.7 Å². The quantitative estimate of drug-likeness (QED) is 0.779. The van der Waals surface area contributed by atoms with Gasteiger partial charge in [-0.25, -0.2) is 0 Å². The van der Waals surface area contributed by atoms with Gasteiger partial charge in [-0.05, 0) is 49.7 Å². The zero-order valence-corrected chi connectivity index (χ0v) is 10.9. The van der Waals surface area contributed by atoms with E-state index in [0.717, 1.165) is 26.1 Å². The summed E-state index contributed by atoms with van der Waals surface area (Å²) in [5.41, 5.74) is 2.67. The van der Waals surface area contributed by atoms with Gasteiger partial charge in [0.25, 0.3) is 0 Å². The van der Waals surface area contributed by atoms with Crippen molar-refractivity contribution in [2.75, 3.05) is 13.2 Å². The average Bonchev–Trinajstić information content (AvgIpc) is 2.49.